The number of nitrogens with two attached hydrogens (primary N) is 1. The van der Waals surface area contributed by atoms with E-state index in [9.17, 15) is 9.59 Å². The van der Waals surface area contributed by atoms with Crippen LogP contribution in [0.3, 0.4) is 0 Å². The summed E-state index contributed by atoms with van der Waals surface area (Å²) in [7, 11) is 0. The van der Waals surface area contributed by atoms with Gasteiger partial charge in [0.25, 0.3) is 5.56 Å². The van der Waals surface area contributed by atoms with Crippen molar-refractivity contribution in [3.05, 3.63) is 26.9 Å². The molecule has 1 aromatic rings. The van der Waals surface area contributed by atoms with E-state index in [1.54, 1.807) is 0 Å². The number of nitrogens with one attached hydrogen (secondary N) is 1. The van der Waals surface area contributed by atoms with E-state index in [4.69, 9.17) is 5.73 Å². The third kappa shape index (κ3) is 2.71. The fourth-order valence-electron chi connectivity index (χ4n) is 1.24. The van der Waals surface area contributed by atoms with Gasteiger partial charge in [-0.15, -0.1) is 0 Å². The maximum Gasteiger partial charge on any atom is 0.329 e. The number of aromatic amines is 1. The molecule has 1 heterocycles. The van der Waals surface area contributed by atoms with Crippen molar-refractivity contribution in [2.24, 2.45) is 5.41 Å². The standard InChI is InChI=1S/C10H17N3O2/c1-4-10(2,3)6-13-7(11)5-8(14)12-9(13)15/h5H,4,6,11H2,1-3H3,(H,12,14,15). The molecule has 0 aliphatic rings. The zero-order valence-corrected chi connectivity index (χ0v) is 9.33. The molecule has 0 aliphatic heterocycles. The number of nitrogens with zero attached hydrogens (tertiary/aromatic N) is 1. The molecule has 1 aromatic heterocycles. The number of aromatic nitrogens is 2. The average molecular weight is 211 g/mol. The molecule has 0 fully saturated rings. The lowest BCUT2D eigenvalue weighted by molar-refractivity contribution is 0.290. The summed E-state index contributed by atoms with van der Waals surface area (Å²) in [5.74, 6) is 0.213. The van der Waals surface area contributed by atoms with Gasteiger partial charge >= 0.3 is 5.69 Å². The zero-order valence-electron chi connectivity index (χ0n) is 9.33. The number of anilines is 1. The van der Waals surface area contributed by atoms with Crippen LogP contribution in [0.25, 0.3) is 0 Å². The minimum Gasteiger partial charge on any atom is -0.385 e. The molecule has 5 heteroatoms. The van der Waals surface area contributed by atoms with Gasteiger partial charge in [-0.2, -0.15) is 0 Å². The summed E-state index contributed by atoms with van der Waals surface area (Å²) in [6.07, 6.45) is 0.929. The Morgan fingerprint density at radius 3 is 2.53 bits per heavy atom. The zero-order chi connectivity index (χ0) is 11.6. The molecule has 0 saturated carbocycles. The van der Waals surface area contributed by atoms with Crippen molar-refractivity contribution in [1.29, 1.82) is 0 Å². The normalized spacial score (nSPS) is 11.7. The average Bonchev–Trinajstić information content (AvgIpc) is 2.11. The first kappa shape index (κ1) is 11.6. The van der Waals surface area contributed by atoms with E-state index in [1.165, 1.54) is 10.6 Å². The summed E-state index contributed by atoms with van der Waals surface area (Å²) in [4.78, 5) is 24.6. The maximum atomic E-state index is 11.5. The lowest BCUT2D eigenvalue weighted by atomic mass is 9.90. The van der Waals surface area contributed by atoms with E-state index in [1.807, 2.05) is 20.8 Å². The van der Waals surface area contributed by atoms with Gasteiger partial charge in [-0.1, -0.05) is 20.8 Å². The highest BCUT2D eigenvalue weighted by Crippen LogP contribution is 2.21. The smallest absolute Gasteiger partial charge is 0.329 e. The third-order valence-electron chi connectivity index (χ3n) is 2.61. The van der Waals surface area contributed by atoms with Gasteiger partial charge in [0, 0.05) is 12.6 Å². The van der Waals surface area contributed by atoms with Gasteiger partial charge in [0.15, 0.2) is 0 Å². The quantitative estimate of drug-likeness (QED) is 0.766. The molecule has 0 unspecified atom stereocenters. The number of nitrogen functional groups attached to an aromatic ring is 1. The third-order valence-corrected chi connectivity index (χ3v) is 2.61. The second-order valence-corrected chi connectivity index (χ2v) is 4.47. The predicted octanol–water partition coefficient (Wildman–Crippen LogP) is 0.555. The molecule has 0 radical (unpaired) electrons. The second kappa shape index (κ2) is 3.92. The number of hydrogen-bond acceptors (Lipinski definition) is 3. The molecule has 0 atom stereocenters. The van der Waals surface area contributed by atoms with E-state index in [2.05, 4.69) is 4.98 Å². The Morgan fingerprint density at radius 2 is 2.07 bits per heavy atom. The van der Waals surface area contributed by atoms with E-state index in [-0.39, 0.29) is 11.2 Å². The van der Waals surface area contributed by atoms with Crippen LogP contribution in [0.4, 0.5) is 5.82 Å². The van der Waals surface area contributed by atoms with Crippen molar-refractivity contribution in [1.82, 2.24) is 9.55 Å². The van der Waals surface area contributed by atoms with Crippen LogP contribution in [0.5, 0.6) is 0 Å². The van der Waals surface area contributed by atoms with Crippen LogP contribution < -0.4 is 17.0 Å². The van der Waals surface area contributed by atoms with E-state index in [0.29, 0.717) is 6.54 Å². The molecule has 1 rings (SSSR count). The Hall–Kier alpha value is -1.52. The summed E-state index contributed by atoms with van der Waals surface area (Å²) in [5, 5.41) is 0. The largest absolute Gasteiger partial charge is 0.385 e. The van der Waals surface area contributed by atoms with E-state index < -0.39 is 11.2 Å². The van der Waals surface area contributed by atoms with Crippen LogP contribution in [0, 0.1) is 5.41 Å². The first-order valence-electron chi connectivity index (χ1n) is 4.95. The van der Waals surface area contributed by atoms with Gasteiger partial charge in [0.05, 0.1) is 0 Å². The summed E-state index contributed by atoms with van der Waals surface area (Å²) in [6.45, 7) is 6.64. The summed E-state index contributed by atoms with van der Waals surface area (Å²) in [6, 6.07) is 1.23. The van der Waals surface area contributed by atoms with Crippen molar-refractivity contribution < 1.29 is 0 Å². The first-order valence-corrected chi connectivity index (χ1v) is 4.95. The highest BCUT2D eigenvalue weighted by molar-refractivity contribution is 5.26. The SMILES string of the molecule is CCC(C)(C)Cn1c(N)cc(=O)[nH]c1=O. The highest BCUT2D eigenvalue weighted by Gasteiger charge is 2.18. The van der Waals surface area contributed by atoms with Crippen LogP contribution in [-0.2, 0) is 6.54 Å². The number of rotatable bonds is 3. The molecule has 0 amide bonds. The minimum absolute atomic E-state index is 0.0177. The number of H-pyrrole nitrogens is 1. The monoisotopic (exact) mass is 211 g/mol. The van der Waals surface area contributed by atoms with E-state index in [0.717, 1.165) is 6.42 Å². The van der Waals surface area contributed by atoms with Crippen molar-refractivity contribution in [2.45, 2.75) is 33.7 Å². The van der Waals surface area contributed by atoms with E-state index >= 15 is 0 Å². The Morgan fingerprint density at radius 1 is 1.47 bits per heavy atom. The lowest BCUT2D eigenvalue weighted by Gasteiger charge is -2.24. The fraction of sp³-hybridized carbons (Fsp3) is 0.600. The first-order chi connectivity index (χ1) is 6.85. The van der Waals surface area contributed by atoms with Crippen LogP contribution in [0.2, 0.25) is 0 Å². The number of hydrogen-bond donors (Lipinski definition) is 2. The van der Waals surface area contributed by atoms with Gasteiger partial charge in [-0.3, -0.25) is 14.3 Å². The van der Waals surface area contributed by atoms with Crippen LogP contribution in [0.15, 0.2) is 15.7 Å². The Kier molecular flexibility index (Phi) is 3.02. The molecule has 5 nitrogen and oxygen atoms in total. The van der Waals surface area contributed by atoms with Crippen LogP contribution in [-0.4, -0.2) is 9.55 Å². The molecule has 15 heavy (non-hydrogen) atoms. The highest BCUT2D eigenvalue weighted by atomic mass is 16.2. The Bertz CT molecular complexity index is 456. The van der Waals surface area contributed by atoms with Crippen LogP contribution in [0.1, 0.15) is 27.2 Å². The van der Waals surface area contributed by atoms with Crippen LogP contribution >= 0.6 is 0 Å². The van der Waals surface area contributed by atoms with Gasteiger partial charge < -0.3 is 5.73 Å². The van der Waals surface area contributed by atoms with Gasteiger partial charge in [0.2, 0.25) is 0 Å². The van der Waals surface area contributed by atoms with Crippen molar-refractivity contribution in [3.8, 4) is 0 Å². The molecule has 0 bridgehead atoms. The molecule has 0 aliphatic carbocycles. The Balaban J connectivity index is 3.17. The fourth-order valence-corrected chi connectivity index (χ4v) is 1.24. The van der Waals surface area contributed by atoms with Crippen molar-refractivity contribution in [3.63, 3.8) is 0 Å². The predicted molar refractivity (Wildman–Crippen MR) is 59.8 cm³/mol. The summed E-state index contributed by atoms with van der Waals surface area (Å²) >= 11 is 0. The van der Waals surface area contributed by atoms with Crippen molar-refractivity contribution in [2.75, 3.05) is 5.73 Å². The summed E-state index contributed by atoms with van der Waals surface area (Å²) < 4.78 is 1.39. The second-order valence-electron chi connectivity index (χ2n) is 4.47. The van der Waals surface area contributed by atoms with Gasteiger partial charge in [-0.25, -0.2) is 4.79 Å². The molecular weight excluding hydrogens is 194 g/mol. The lowest BCUT2D eigenvalue weighted by Crippen LogP contribution is -2.35. The Labute approximate surface area is 87.9 Å². The molecule has 3 N–H and O–H groups in total. The molecule has 0 saturated heterocycles. The molecule has 0 aromatic carbocycles. The molecular formula is C10H17N3O2. The minimum atomic E-state index is -0.456. The topological polar surface area (TPSA) is 80.9 Å². The maximum absolute atomic E-state index is 11.5. The summed E-state index contributed by atoms with van der Waals surface area (Å²) in [5.41, 5.74) is 4.71. The van der Waals surface area contributed by atoms with Crippen molar-refractivity contribution >= 4 is 5.82 Å². The molecule has 84 valence electrons. The van der Waals surface area contributed by atoms with Gasteiger partial charge in [0.1, 0.15) is 5.82 Å². The molecule has 0 spiro atoms. The van der Waals surface area contributed by atoms with Gasteiger partial charge in [-0.05, 0) is 11.8 Å².